The Labute approximate surface area is 96.4 Å². The Morgan fingerprint density at radius 2 is 2.47 bits per heavy atom. The number of anilines is 1. The number of carbonyl (C=O) groups excluding carboxylic acids is 1. The van der Waals surface area contributed by atoms with Crippen molar-refractivity contribution in [2.45, 2.75) is 25.3 Å². The van der Waals surface area contributed by atoms with Crippen LogP contribution in [0.2, 0.25) is 0 Å². The summed E-state index contributed by atoms with van der Waals surface area (Å²) in [5.74, 6) is 0.934. The molecule has 0 saturated heterocycles. The van der Waals surface area contributed by atoms with Gasteiger partial charge in [-0.1, -0.05) is 0 Å². The maximum Gasteiger partial charge on any atom is 0.247 e. The monoisotopic (exact) mass is 233 g/mol. The van der Waals surface area contributed by atoms with Gasteiger partial charge < -0.3 is 5.32 Å². The van der Waals surface area contributed by atoms with Crippen molar-refractivity contribution in [2.75, 3.05) is 5.32 Å². The lowest BCUT2D eigenvalue weighted by Gasteiger charge is -1.99. The molecule has 1 fully saturated rings. The highest BCUT2D eigenvalue weighted by molar-refractivity contribution is 5.89. The Balaban J connectivity index is 1.59. The highest BCUT2D eigenvalue weighted by Gasteiger charge is 2.25. The molecular formula is C9H11N7O. The Kier molecular flexibility index (Phi) is 2.32. The molecule has 1 saturated carbocycles. The second-order valence-corrected chi connectivity index (χ2v) is 4.04. The van der Waals surface area contributed by atoms with Crippen LogP contribution in [0.15, 0.2) is 12.4 Å². The number of hydrogen-bond acceptors (Lipinski definition) is 5. The SMILES string of the molecule is O=C(Cn1cnnn1)Nc1cc(C2CC2)[nH]n1. The van der Waals surface area contributed by atoms with Crippen molar-refractivity contribution in [3.05, 3.63) is 18.1 Å². The van der Waals surface area contributed by atoms with E-state index >= 15 is 0 Å². The van der Waals surface area contributed by atoms with E-state index in [-0.39, 0.29) is 12.5 Å². The lowest BCUT2D eigenvalue weighted by molar-refractivity contribution is -0.116. The normalized spacial score (nSPS) is 14.8. The molecule has 0 aromatic carbocycles. The lowest BCUT2D eigenvalue weighted by atomic mass is 10.3. The largest absolute Gasteiger partial charge is 0.308 e. The molecule has 1 aliphatic rings. The number of carbonyl (C=O) groups is 1. The van der Waals surface area contributed by atoms with Crippen molar-refractivity contribution in [2.24, 2.45) is 0 Å². The third-order valence-electron chi connectivity index (χ3n) is 2.58. The Morgan fingerprint density at radius 1 is 1.59 bits per heavy atom. The minimum absolute atomic E-state index is 0.0820. The molecular weight excluding hydrogens is 222 g/mol. The molecule has 8 heteroatoms. The van der Waals surface area contributed by atoms with Crippen LogP contribution in [0.1, 0.15) is 24.5 Å². The molecule has 0 radical (unpaired) electrons. The summed E-state index contributed by atoms with van der Waals surface area (Å²) in [7, 11) is 0. The van der Waals surface area contributed by atoms with Gasteiger partial charge in [0.1, 0.15) is 12.9 Å². The van der Waals surface area contributed by atoms with Crippen molar-refractivity contribution in [3.8, 4) is 0 Å². The maximum absolute atomic E-state index is 11.6. The molecule has 0 bridgehead atoms. The number of rotatable bonds is 4. The van der Waals surface area contributed by atoms with Crippen molar-refractivity contribution in [1.29, 1.82) is 0 Å². The Bertz CT molecular complexity index is 513. The van der Waals surface area contributed by atoms with E-state index in [4.69, 9.17) is 0 Å². The average Bonchev–Trinajstić information content (AvgIpc) is 2.84. The van der Waals surface area contributed by atoms with E-state index in [1.54, 1.807) is 0 Å². The highest BCUT2D eigenvalue weighted by atomic mass is 16.2. The molecule has 2 aromatic heterocycles. The smallest absolute Gasteiger partial charge is 0.247 e. The molecule has 17 heavy (non-hydrogen) atoms. The van der Waals surface area contributed by atoms with Crippen LogP contribution < -0.4 is 5.32 Å². The van der Waals surface area contributed by atoms with Crippen molar-refractivity contribution in [3.63, 3.8) is 0 Å². The van der Waals surface area contributed by atoms with Gasteiger partial charge in [0.05, 0.1) is 0 Å². The fourth-order valence-electron chi connectivity index (χ4n) is 1.59. The number of aromatic nitrogens is 6. The van der Waals surface area contributed by atoms with Gasteiger partial charge in [-0.05, 0) is 23.3 Å². The fraction of sp³-hybridized carbons (Fsp3) is 0.444. The highest BCUT2D eigenvalue weighted by Crippen LogP contribution is 2.39. The van der Waals surface area contributed by atoms with E-state index < -0.39 is 0 Å². The average molecular weight is 233 g/mol. The van der Waals surface area contributed by atoms with Gasteiger partial charge in [0.15, 0.2) is 5.82 Å². The van der Waals surface area contributed by atoms with Crippen LogP contribution in [-0.4, -0.2) is 36.3 Å². The number of amides is 1. The summed E-state index contributed by atoms with van der Waals surface area (Å²) < 4.78 is 1.35. The summed E-state index contributed by atoms with van der Waals surface area (Å²) >= 11 is 0. The van der Waals surface area contributed by atoms with E-state index in [9.17, 15) is 4.79 Å². The van der Waals surface area contributed by atoms with E-state index in [0.29, 0.717) is 11.7 Å². The van der Waals surface area contributed by atoms with Crippen LogP contribution in [0.25, 0.3) is 0 Å². The van der Waals surface area contributed by atoms with Crippen molar-refractivity contribution in [1.82, 2.24) is 30.4 Å². The van der Waals surface area contributed by atoms with Gasteiger partial charge >= 0.3 is 0 Å². The first-order valence-corrected chi connectivity index (χ1v) is 5.37. The fourth-order valence-corrected chi connectivity index (χ4v) is 1.59. The first kappa shape index (κ1) is 9.94. The van der Waals surface area contributed by atoms with Crippen LogP contribution >= 0.6 is 0 Å². The van der Waals surface area contributed by atoms with Gasteiger partial charge in [-0.2, -0.15) is 5.10 Å². The van der Waals surface area contributed by atoms with Gasteiger partial charge in [0, 0.05) is 17.7 Å². The van der Waals surface area contributed by atoms with E-state index in [1.165, 1.54) is 23.9 Å². The predicted octanol–water partition coefficient (Wildman–Crippen LogP) is -0.0877. The molecule has 3 rings (SSSR count). The molecule has 2 N–H and O–H groups in total. The third kappa shape index (κ3) is 2.30. The summed E-state index contributed by atoms with van der Waals surface area (Å²) in [6.07, 6.45) is 3.78. The second kappa shape index (κ2) is 3.96. The number of tetrazole rings is 1. The van der Waals surface area contributed by atoms with E-state index in [1.807, 2.05) is 6.07 Å². The van der Waals surface area contributed by atoms with Crippen molar-refractivity contribution >= 4 is 11.7 Å². The molecule has 0 aliphatic heterocycles. The number of nitrogens with zero attached hydrogens (tertiary/aromatic N) is 5. The van der Waals surface area contributed by atoms with E-state index in [0.717, 1.165) is 5.69 Å². The molecule has 0 spiro atoms. The summed E-state index contributed by atoms with van der Waals surface area (Å²) in [6, 6.07) is 1.87. The van der Waals surface area contributed by atoms with Gasteiger partial charge in [-0.3, -0.25) is 9.89 Å². The molecule has 1 amide bonds. The number of aromatic amines is 1. The first-order valence-electron chi connectivity index (χ1n) is 5.37. The van der Waals surface area contributed by atoms with Crippen LogP contribution in [0.3, 0.4) is 0 Å². The number of hydrogen-bond donors (Lipinski definition) is 2. The van der Waals surface area contributed by atoms with Gasteiger partial charge in [0.25, 0.3) is 0 Å². The zero-order chi connectivity index (χ0) is 11.7. The number of H-pyrrole nitrogens is 1. The van der Waals surface area contributed by atoms with Gasteiger partial charge in [-0.15, -0.1) is 5.10 Å². The quantitative estimate of drug-likeness (QED) is 0.768. The van der Waals surface area contributed by atoms with Crippen LogP contribution in [0.5, 0.6) is 0 Å². The summed E-state index contributed by atoms with van der Waals surface area (Å²) in [5.41, 5.74) is 1.09. The zero-order valence-electron chi connectivity index (χ0n) is 9.00. The first-order chi connectivity index (χ1) is 8.31. The molecule has 1 aliphatic carbocycles. The maximum atomic E-state index is 11.6. The minimum atomic E-state index is -0.203. The van der Waals surface area contributed by atoms with Crippen LogP contribution in [0.4, 0.5) is 5.82 Å². The molecule has 8 nitrogen and oxygen atoms in total. The van der Waals surface area contributed by atoms with Crippen molar-refractivity contribution < 1.29 is 4.79 Å². The van der Waals surface area contributed by atoms with Crippen LogP contribution in [0, 0.1) is 0 Å². The molecule has 2 heterocycles. The Hall–Kier alpha value is -2.25. The molecule has 0 unspecified atom stereocenters. The number of nitrogens with one attached hydrogen (secondary N) is 2. The molecule has 2 aromatic rings. The summed E-state index contributed by atoms with van der Waals surface area (Å²) in [6.45, 7) is 0.0820. The lowest BCUT2D eigenvalue weighted by Crippen LogP contribution is -2.19. The van der Waals surface area contributed by atoms with Gasteiger partial charge in [-0.25, -0.2) is 4.68 Å². The predicted molar refractivity (Wildman–Crippen MR) is 57.0 cm³/mol. The summed E-state index contributed by atoms with van der Waals surface area (Å²) in [4.78, 5) is 11.6. The summed E-state index contributed by atoms with van der Waals surface area (Å²) in [5, 5.41) is 20.1. The zero-order valence-corrected chi connectivity index (χ0v) is 9.00. The molecule has 0 atom stereocenters. The standard InChI is InChI=1S/C9H11N7O/c17-9(4-16-5-10-14-15-16)11-8-3-7(12-13-8)6-1-2-6/h3,5-6H,1-2,4H2,(H2,11,12,13,17). The topological polar surface area (TPSA) is 101 Å². The molecule has 88 valence electrons. The van der Waals surface area contributed by atoms with Crippen LogP contribution in [-0.2, 0) is 11.3 Å². The van der Waals surface area contributed by atoms with Gasteiger partial charge in [0.2, 0.25) is 5.91 Å². The third-order valence-corrected chi connectivity index (χ3v) is 2.58. The second-order valence-electron chi connectivity index (χ2n) is 4.04. The van der Waals surface area contributed by atoms with E-state index in [2.05, 4.69) is 31.0 Å². The Morgan fingerprint density at radius 3 is 3.18 bits per heavy atom. The minimum Gasteiger partial charge on any atom is -0.308 e.